The molecular weight excluding hydrogens is 265 g/mol. The van der Waals surface area contributed by atoms with Gasteiger partial charge in [-0.3, -0.25) is 4.79 Å². The lowest BCUT2D eigenvalue weighted by Crippen LogP contribution is -2.11. The lowest BCUT2D eigenvalue weighted by atomic mass is 9.94. The van der Waals surface area contributed by atoms with E-state index in [2.05, 4.69) is 22.6 Å². The first-order valence-electron chi connectivity index (χ1n) is 4.35. The van der Waals surface area contributed by atoms with E-state index in [1.54, 1.807) is 0 Å². The van der Waals surface area contributed by atoms with Crippen molar-refractivity contribution in [1.82, 2.24) is 0 Å². The van der Waals surface area contributed by atoms with Gasteiger partial charge < -0.3 is 5.73 Å². The van der Waals surface area contributed by atoms with E-state index < -0.39 is 0 Å². The first-order valence-corrected chi connectivity index (χ1v) is 5.42. The van der Waals surface area contributed by atoms with Crippen LogP contribution >= 0.6 is 22.6 Å². The van der Waals surface area contributed by atoms with Crippen molar-refractivity contribution >= 4 is 28.5 Å². The summed E-state index contributed by atoms with van der Waals surface area (Å²) >= 11 is 2.25. The maximum Gasteiger partial charge on any atom is 0.222 e. The SMILES string of the molecule is NC(=O)CC(I)=C1CCCCC1. The maximum absolute atomic E-state index is 10.6. The van der Waals surface area contributed by atoms with Gasteiger partial charge in [-0.05, 0) is 51.9 Å². The second-order valence-corrected chi connectivity index (χ2v) is 4.51. The molecule has 1 saturated carbocycles. The summed E-state index contributed by atoms with van der Waals surface area (Å²) in [5, 5.41) is 0. The Bertz CT molecular complexity index is 203. The van der Waals surface area contributed by atoms with Gasteiger partial charge in [0.25, 0.3) is 0 Å². The summed E-state index contributed by atoms with van der Waals surface area (Å²) in [6.07, 6.45) is 6.68. The Hall–Kier alpha value is -0.0600. The minimum Gasteiger partial charge on any atom is -0.369 e. The molecular formula is C9H14INO. The van der Waals surface area contributed by atoms with E-state index in [4.69, 9.17) is 5.73 Å². The molecule has 0 spiro atoms. The highest BCUT2D eigenvalue weighted by Gasteiger charge is 2.10. The van der Waals surface area contributed by atoms with Crippen LogP contribution in [-0.2, 0) is 4.79 Å². The van der Waals surface area contributed by atoms with Crippen LogP contribution in [0.15, 0.2) is 9.15 Å². The van der Waals surface area contributed by atoms with Gasteiger partial charge in [0.2, 0.25) is 5.91 Å². The molecule has 1 fully saturated rings. The Morgan fingerprint density at radius 3 is 2.42 bits per heavy atom. The fourth-order valence-electron chi connectivity index (χ4n) is 1.53. The molecule has 0 heterocycles. The minimum absolute atomic E-state index is 0.211. The van der Waals surface area contributed by atoms with Crippen LogP contribution in [0, 0.1) is 0 Å². The molecule has 0 aromatic carbocycles. The number of hydrogen-bond donors (Lipinski definition) is 1. The molecule has 1 amide bonds. The third-order valence-corrected chi connectivity index (χ3v) is 3.31. The largest absolute Gasteiger partial charge is 0.369 e. The molecule has 0 atom stereocenters. The summed E-state index contributed by atoms with van der Waals surface area (Å²) in [7, 11) is 0. The summed E-state index contributed by atoms with van der Waals surface area (Å²) in [5.74, 6) is -0.211. The van der Waals surface area contributed by atoms with Crippen molar-refractivity contribution in [1.29, 1.82) is 0 Å². The number of amides is 1. The molecule has 0 unspecified atom stereocenters. The van der Waals surface area contributed by atoms with Crippen LogP contribution in [0.25, 0.3) is 0 Å². The van der Waals surface area contributed by atoms with Crippen molar-refractivity contribution in [2.45, 2.75) is 38.5 Å². The van der Waals surface area contributed by atoms with Crippen LogP contribution < -0.4 is 5.73 Å². The predicted molar refractivity (Wildman–Crippen MR) is 57.9 cm³/mol. The summed E-state index contributed by atoms with van der Waals surface area (Å²) in [6.45, 7) is 0. The lowest BCUT2D eigenvalue weighted by Gasteiger charge is -2.15. The Morgan fingerprint density at radius 2 is 1.92 bits per heavy atom. The second-order valence-electron chi connectivity index (χ2n) is 3.21. The average molecular weight is 279 g/mol. The van der Waals surface area contributed by atoms with Crippen molar-refractivity contribution in [3.05, 3.63) is 9.15 Å². The van der Waals surface area contributed by atoms with Gasteiger partial charge in [0.1, 0.15) is 0 Å². The molecule has 2 N–H and O–H groups in total. The number of halogens is 1. The van der Waals surface area contributed by atoms with E-state index >= 15 is 0 Å². The molecule has 2 nitrogen and oxygen atoms in total. The molecule has 1 rings (SSSR count). The summed E-state index contributed by atoms with van der Waals surface area (Å²) < 4.78 is 1.18. The van der Waals surface area contributed by atoms with Crippen LogP contribution in [-0.4, -0.2) is 5.91 Å². The molecule has 3 heteroatoms. The number of carbonyl (C=O) groups excluding carboxylic acids is 1. The molecule has 68 valence electrons. The first kappa shape index (κ1) is 10.0. The zero-order chi connectivity index (χ0) is 8.97. The van der Waals surface area contributed by atoms with E-state index in [9.17, 15) is 4.79 Å². The first-order chi connectivity index (χ1) is 5.70. The smallest absolute Gasteiger partial charge is 0.222 e. The van der Waals surface area contributed by atoms with Crippen molar-refractivity contribution in [2.24, 2.45) is 5.73 Å². The van der Waals surface area contributed by atoms with Crippen molar-refractivity contribution in [3.63, 3.8) is 0 Å². The van der Waals surface area contributed by atoms with E-state index in [1.807, 2.05) is 0 Å². The monoisotopic (exact) mass is 279 g/mol. The van der Waals surface area contributed by atoms with E-state index in [-0.39, 0.29) is 5.91 Å². The van der Waals surface area contributed by atoms with E-state index in [0.29, 0.717) is 6.42 Å². The normalized spacial score (nSPS) is 17.6. The zero-order valence-electron chi connectivity index (χ0n) is 7.11. The van der Waals surface area contributed by atoms with Crippen molar-refractivity contribution in [2.75, 3.05) is 0 Å². The maximum atomic E-state index is 10.6. The van der Waals surface area contributed by atoms with Gasteiger partial charge in [-0.25, -0.2) is 0 Å². The number of hydrogen-bond acceptors (Lipinski definition) is 1. The highest BCUT2D eigenvalue weighted by atomic mass is 127. The van der Waals surface area contributed by atoms with Gasteiger partial charge >= 0.3 is 0 Å². The second kappa shape index (κ2) is 4.84. The van der Waals surface area contributed by atoms with E-state index in [0.717, 1.165) is 0 Å². The van der Waals surface area contributed by atoms with Gasteiger partial charge in [-0.1, -0.05) is 12.0 Å². The molecule has 0 bridgehead atoms. The van der Waals surface area contributed by atoms with Gasteiger partial charge in [0, 0.05) is 0 Å². The van der Waals surface area contributed by atoms with Crippen LogP contribution in [0.5, 0.6) is 0 Å². The van der Waals surface area contributed by atoms with Gasteiger partial charge in [0.05, 0.1) is 6.42 Å². The van der Waals surface area contributed by atoms with Gasteiger partial charge in [-0.2, -0.15) is 0 Å². The quantitative estimate of drug-likeness (QED) is 0.775. The van der Waals surface area contributed by atoms with E-state index in [1.165, 1.54) is 41.3 Å². The minimum atomic E-state index is -0.211. The Morgan fingerprint density at radius 1 is 1.33 bits per heavy atom. The standard InChI is InChI=1S/C9H14INO/c10-8(6-9(11)12)7-4-2-1-3-5-7/h1-6H2,(H2,11,12). The highest BCUT2D eigenvalue weighted by molar-refractivity contribution is 14.1. The van der Waals surface area contributed by atoms with Crippen molar-refractivity contribution in [3.8, 4) is 0 Å². The summed E-state index contributed by atoms with van der Waals surface area (Å²) in [5.41, 5.74) is 6.58. The fraction of sp³-hybridized carbons (Fsp3) is 0.667. The highest BCUT2D eigenvalue weighted by Crippen LogP contribution is 2.29. The zero-order valence-corrected chi connectivity index (χ0v) is 9.26. The van der Waals surface area contributed by atoms with Crippen LogP contribution in [0.4, 0.5) is 0 Å². The number of allylic oxidation sites excluding steroid dienone is 1. The number of carbonyl (C=O) groups is 1. The topological polar surface area (TPSA) is 43.1 Å². The third-order valence-electron chi connectivity index (χ3n) is 2.17. The number of rotatable bonds is 2. The molecule has 1 aliphatic carbocycles. The summed E-state index contributed by atoms with van der Waals surface area (Å²) in [6, 6.07) is 0. The Kier molecular flexibility index (Phi) is 4.05. The molecule has 0 radical (unpaired) electrons. The van der Waals surface area contributed by atoms with Gasteiger partial charge in [-0.15, -0.1) is 0 Å². The molecule has 1 aliphatic rings. The molecule has 12 heavy (non-hydrogen) atoms. The summed E-state index contributed by atoms with van der Waals surface area (Å²) in [4.78, 5) is 10.6. The molecule has 0 aromatic rings. The van der Waals surface area contributed by atoms with Crippen LogP contribution in [0.2, 0.25) is 0 Å². The molecule has 0 aliphatic heterocycles. The Balaban J connectivity index is 2.54. The lowest BCUT2D eigenvalue weighted by molar-refractivity contribution is -0.117. The molecule has 0 aromatic heterocycles. The number of primary amides is 1. The van der Waals surface area contributed by atoms with Crippen LogP contribution in [0.1, 0.15) is 38.5 Å². The Labute approximate surface area is 86.7 Å². The van der Waals surface area contributed by atoms with Gasteiger partial charge in [0.15, 0.2) is 0 Å². The van der Waals surface area contributed by atoms with Crippen molar-refractivity contribution < 1.29 is 4.79 Å². The number of nitrogens with two attached hydrogens (primary N) is 1. The third kappa shape index (κ3) is 3.13. The average Bonchev–Trinajstić information content (AvgIpc) is 2.05. The predicted octanol–water partition coefficient (Wildman–Crippen LogP) is 2.52. The fourth-order valence-corrected chi connectivity index (χ4v) is 2.44. The van der Waals surface area contributed by atoms with Crippen LogP contribution in [0.3, 0.4) is 0 Å². The molecule has 0 saturated heterocycles.